The summed E-state index contributed by atoms with van der Waals surface area (Å²) in [6.07, 6.45) is 0.266. The number of carbonyl (C=O) groups excluding carboxylic acids is 1. The molecule has 6 nitrogen and oxygen atoms in total. The summed E-state index contributed by atoms with van der Waals surface area (Å²) in [5, 5.41) is 11.6. The van der Waals surface area contributed by atoms with E-state index in [0.29, 0.717) is 26.3 Å². The SMILES string of the molecule is O=C(NCC1CO1)N(CO)CC1CO1. The van der Waals surface area contributed by atoms with Crippen LogP contribution in [0.5, 0.6) is 0 Å². The van der Waals surface area contributed by atoms with E-state index in [9.17, 15) is 4.79 Å². The van der Waals surface area contributed by atoms with E-state index < -0.39 is 0 Å². The third-order valence-corrected chi connectivity index (χ3v) is 2.17. The summed E-state index contributed by atoms with van der Waals surface area (Å²) in [7, 11) is 0. The van der Waals surface area contributed by atoms with E-state index >= 15 is 0 Å². The van der Waals surface area contributed by atoms with Gasteiger partial charge in [0, 0.05) is 6.54 Å². The standard InChI is InChI=1S/C8H14N2O4/c11-5-10(2-7-4-14-7)8(12)9-1-6-3-13-6/h6-7,11H,1-5H2,(H,9,12). The van der Waals surface area contributed by atoms with Gasteiger partial charge in [-0.3, -0.25) is 4.90 Å². The lowest BCUT2D eigenvalue weighted by Gasteiger charge is -2.18. The Labute approximate surface area is 81.8 Å². The Kier molecular flexibility index (Phi) is 2.85. The van der Waals surface area contributed by atoms with Crippen LogP contribution in [0.15, 0.2) is 0 Å². The van der Waals surface area contributed by atoms with Crippen LogP contribution in [0, 0.1) is 0 Å². The number of urea groups is 1. The van der Waals surface area contributed by atoms with E-state index in [-0.39, 0.29) is 25.0 Å². The molecule has 2 rings (SSSR count). The lowest BCUT2D eigenvalue weighted by atomic mass is 10.4. The van der Waals surface area contributed by atoms with Gasteiger partial charge in [0.25, 0.3) is 0 Å². The maximum atomic E-state index is 11.4. The first-order valence-corrected chi connectivity index (χ1v) is 4.66. The quantitative estimate of drug-likeness (QED) is 0.431. The molecule has 2 atom stereocenters. The van der Waals surface area contributed by atoms with Crippen molar-refractivity contribution in [2.75, 3.05) is 33.0 Å². The molecule has 80 valence electrons. The molecule has 0 aromatic carbocycles. The Morgan fingerprint density at radius 2 is 2.07 bits per heavy atom. The van der Waals surface area contributed by atoms with Gasteiger partial charge in [0.05, 0.1) is 32.0 Å². The van der Waals surface area contributed by atoms with Crippen molar-refractivity contribution in [1.29, 1.82) is 0 Å². The van der Waals surface area contributed by atoms with Crippen LogP contribution in [0.3, 0.4) is 0 Å². The first-order valence-electron chi connectivity index (χ1n) is 4.66. The van der Waals surface area contributed by atoms with Crippen molar-refractivity contribution < 1.29 is 19.4 Å². The van der Waals surface area contributed by atoms with Gasteiger partial charge < -0.3 is 19.9 Å². The lowest BCUT2D eigenvalue weighted by Crippen LogP contribution is -2.43. The maximum absolute atomic E-state index is 11.4. The van der Waals surface area contributed by atoms with Crippen LogP contribution < -0.4 is 5.32 Å². The Hall–Kier alpha value is -0.850. The van der Waals surface area contributed by atoms with Crippen molar-refractivity contribution in [3.05, 3.63) is 0 Å². The zero-order chi connectivity index (χ0) is 9.97. The van der Waals surface area contributed by atoms with E-state index in [2.05, 4.69) is 5.32 Å². The van der Waals surface area contributed by atoms with Crippen molar-refractivity contribution in [3.8, 4) is 0 Å². The highest BCUT2D eigenvalue weighted by molar-refractivity contribution is 5.74. The molecule has 0 radical (unpaired) electrons. The number of hydrogen-bond donors (Lipinski definition) is 2. The van der Waals surface area contributed by atoms with Gasteiger partial charge in [0.15, 0.2) is 0 Å². The number of nitrogens with zero attached hydrogens (tertiary/aromatic N) is 1. The third-order valence-electron chi connectivity index (χ3n) is 2.17. The summed E-state index contributed by atoms with van der Waals surface area (Å²) >= 11 is 0. The number of hydrogen-bond acceptors (Lipinski definition) is 4. The number of amides is 2. The zero-order valence-electron chi connectivity index (χ0n) is 7.81. The smallest absolute Gasteiger partial charge is 0.319 e. The summed E-state index contributed by atoms with van der Waals surface area (Å²) < 4.78 is 9.92. The van der Waals surface area contributed by atoms with Crippen molar-refractivity contribution in [1.82, 2.24) is 10.2 Å². The topological polar surface area (TPSA) is 77.6 Å². The normalized spacial score (nSPS) is 28.4. The molecule has 2 aliphatic rings. The lowest BCUT2D eigenvalue weighted by molar-refractivity contribution is 0.116. The Morgan fingerprint density at radius 3 is 2.57 bits per heavy atom. The zero-order valence-corrected chi connectivity index (χ0v) is 7.81. The van der Waals surface area contributed by atoms with E-state index in [1.807, 2.05) is 0 Å². The van der Waals surface area contributed by atoms with E-state index in [4.69, 9.17) is 14.6 Å². The number of aliphatic hydroxyl groups excluding tert-OH is 1. The molecular formula is C8H14N2O4. The highest BCUT2D eigenvalue weighted by atomic mass is 16.6. The first kappa shape index (κ1) is 9.70. The molecule has 2 N–H and O–H groups in total. The molecule has 0 spiro atoms. The van der Waals surface area contributed by atoms with Gasteiger partial charge in [-0.25, -0.2) is 4.79 Å². The van der Waals surface area contributed by atoms with E-state index in [0.717, 1.165) is 0 Å². The van der Waals surface area contributed by atoms with Crippen molar-refractivity contribution in [2.24, 2.45) is 0 Å². The number of rotatable bonds is 5. The summed E-state index contributed by atoms with van der Waals surface area (Å²) in [5.41, 5.74) is 0. The van der Waals surface area contributed by atoms with E-state index in [1.54, 1.807) is 0 Å². The van der Waals surface area contributed by atoms with Crippen LogP contribution in [0.4, 0.5) is 4.79 Å². The van der Waals surface area contributed by atoms with Gasteiger partial charge in [-0.05, 0) is 0 Å². The maximum Gasteiger partial charge on any atom is 0.319 e. The van der Waals surface area contributed by atoms with Crippen LogP contribution in [0.2, 0.25) is 0 Å². The number of ether oxygens (including phenoxy) is 2. The van der Waals surface area contributed by atoms with Crippen LogP contribution in [-0.2, 0) is 9.47 Å². The monoisotopic (exact) mass is 202 g/mol. The Balaban J connectivity index is 1.67. The molecule has 2 unspecified atom stereocenters. The molecular weight excluding hydrogens is 188 g/mol. The fraction of sp³-hybridized carbons (Fsp3) is 0.875. The fourth-order valence-corrected chi connectivity index (χ4v) is 1.12. The van der Waals surface area contributed by atoms with Gasteiger partial charge in [-0.2, -0.15) is 0 Å². The van der Waals surface area contributed by atoms with Gasteiger partial charge >= 0.3 is 6.03 Å². The highest BCUT2D eigenvalue weighted by Gasteiger charge is 2.29. The average molecular weight is 202 g/mol. The summed E-state index contributed by atoms with van der Waals surface area (Å²) in [6.45, 7) is 2.08. The summed E-state index contributed by atoms with van der Waals surface area (Å²) in [6, 6.07) is -0.265. The predicted octanol–water partition coefficient (Wildman–Crippen LogP) is -1.25. The third kappa shape index (κ3) is 2.83. The minimum atomic E-state index is -0.281. The predicted molar refractivity (Wildman–Crippen MR) is 46.7 cm³/mol. The number of epoxide rings is 2. The molecule has 6 heteroatoms. The molecule has 2 fully saturated rings. The minimum Gasteiger partial charge on any atom is -0.376 e. The molecule has 2 saturated heterocycles. The van der Waals surface area contributed by atoms with Crippen LogP contribution in [0.1, 0.15) is 0 Å². The van der Waals surface area contributed by atoms with Crippen molar-refractivity contribution in [2.45, 2.75) is 12.2 Å². The Bertz CT molecular complexity index is 215. The molecule has 0 saturated carbocycles. The van der Waals surface area contributed by atoms with Gasteiger partial charge in [0.1, 0.15) is 6.73 Å². The molecule has 2 heterocycles. The largest absolute Gasteiger partial charge is 0.376 e. The second-order valence-electron chi connectivity index (χ2n) is 3.46. The molecule has 0 aromatic rings. The fourth-order valence-electron chi connectivity index (χ4n) is 1.12. The number of carbonyl (C=O) groups is 1. The van der Waals surface area contributed by atoms with E-state index in [1.165, 1.54) is 4.90 Å². The van der Waals surface area contributed by atoms with Crippen molar-refractivity contribution in [3.63, 3.8) is 0 Å². The molecule has 2 amide bonds. The molecule has 0 bridgehead atoms. The Morgan fingerprint density at radius 1 is 1.43 bits per heavy atom. The van der Waals surface area contributed by atoms with Gasteiger partial charge in [0.2, 0.25) is 0 Å². The molecule has 14 heavy (non-hydrogen) atoms. The summed E-state index contributed by atoms with van der Waals surface area (Å²) in [4.78, 5) is 12.7. The number of aliphatic hydroxyl groups is 1. The van der Waals surface area contributed by atoms with Gasteiger partial charge in [-0.15, -0.1) is 0 Å². The molecule has 0 aliphatic carbocycles. The van der Waals surface area contributed by atoms with Gasteiger partial charge in [-0.1, -0.05) is 0 Å². The minimum absolute atomic E-state index is 0.102. The second kappa shape index (κ2) is 4.12. The molecule has 0 aromatic heterocycles. The highest BCUT2D eigenvalue weighted by Crippen LogP contribution is 2.11. The molecule has 2 aliphatic heterocycles. The van der Waals surface area contributed by atoms with Crippen LogP contribution in [0.25, 0.3) is 0 Å². The van der Waals surface area contributed by atoms with Crippen LogP contribution >= 0.6 is 0 Å². The second-order valence-corrected chi connectivity index (χ2v) is 3.46. The summed E-state index contributed by atoms with van der Waals surface area (Å²) in [5.74, 6) is 0. The number of nitrogens with one attached hydrogen (secondary N) is 1. The average Bonchev–Trinajstić information content (AvgIpc) is 3.02. The van der Waals surface area contributed by atoms with Crippen LogP contribution in [-0.4, -0.2) is 61.3 Å². The van der Waals surface area contributed by atoms with Crippen molar-refractivity contribution >= 4 is 6.03 Å². The first-order chi connectivity index (χ1) is 6.79.